The number of hydrogen-bond donors (Lipinski definition) is 2. The highest BCUT2D eigenvalue weighted by molar-refractivity contribution is 5.70. The van der Waals surface area contributed by atoms with Crippen molar-refractivity contribution in [1.82, 2.24) is 0 Å². The molecule has 3 aromatic carbocycles. The van der Waals surface area contributed by atoms with Crippen LogP contribution in [0, 0.1) is 0 Å². The standard InChI is InChI=1S/C22H22N2O/c1-25-20-11-6-16(7-12-20)15-23-19-10-13-22-18(14-19)9-8-17-4-2-3-5-21(17)24-22/h2-7,10-14,23-24H,8-9,15H2,1H3. The van der Waals surface area contributed by atoms with Crippen LogP contribution in [0.15, 0.2) is 66.7 Å². The number of benzene rings is 3. The van der Waals surface area contributed by atoms with Crippen LogP contribution in [0.3, 0.4) is 0 Å². The number of hydrogen-bond acceptors (Lipinski definition) is 3. The van der Waals surface area contributed by atoms with Crippen LogP contribution in [0.4, 0.5) is 17.1 Å². The van der Waals surface area contributed by atoms with Gasteiger partial charge in [-0.05, 0) is 65.9 Å². The van der Waals surface area contributed by atoms with Gasteiger partial charge in [-0.2, -0.15) is 0 Å². The summed E-state index contributed by atoms with van der Waals surface area (Å²) >= 11 is 0. The molecule has 0 bridgehead atoms. The Labute approximate surface area is 148 Å². The number of aryl methyl sites for hydroxylation is 2. The van der Waals surface area contributed by atoms with Crippen molar-refractivity contribution in [3.05, 3.63) is 83.4 Å². The van der Waals surface area contributed by atoms with Crippen LogP contribution in [0.2, 0.25) is 0 Å². The predicted octanol–water partition coefficient (Wildman–Crippen LogP) is 5.15. The van der Waals surface area contributed by atoms with Crippen LogP contribution in [0.1, 0.15) is 16.7 Å². The summed E-state index contributed by atoms with van der Waals surface area (Å²) in [5.74, 6) is 0.888. The molecule has 0 amide bonds. The van der Waals surface area contributed by atoms with Gasteiger partial charge in [-0.15, -0.1) is 0 Å². The average Bonchev–Trinajstić information content (AvgIpc) is 2.85. The van der Waals surface area contributed by atoms with Gasteiger partial charge in [0.1, 0.15) is 5.75 Å². The largest absolute Gasteiger partial charge is 0.497 e. The van der Waals surface area contributed by atoms with E-state index in [4.69, 9.17) is 4.74 Å². The van der Waals surface area contributed by atoms with Gasteiger partial charge in [0.2, 0.25) is 0 Å². The first-order valence-electron chi connectivity index (χ1n) is 8.66. The van der Waals surface area contributed by atoms with Crippen molar-refractivity contribution >= 4 is 17.1 Å². The molecule has 3 nitrogen and oxygen atoms in total. The lowest BCUT2D eigenvalue weighted by Crippen LogP contribution is -2.01. The molecule has 1 heterocycles. The van der Waals surface area contributed by atoms with Gasteiger partial charge < -0.3 is 15.4 Å². The van der Waals surface area contributed by atoms with Crippen LogP contribution in [-0.4, -0.2) is 7.11 Å². The summed E-state index contributed by atoms with van der Waals surface area (Å²) in [6, 6.07) is 23.3. The van der Waals surface area contributed by atoms with Crippen LogP contribution in [0.5, 0.6) is 5.75 Å². The highest BCUT2D eigenvalue weighted by Crippen LogP contribution is 2.31. The molecule has 3 heteroatoms. The van der Waals surface area contributed by atoms with E-state index in [1.807, 2.05) is 12.1 Å². The Morgan fingerprint density at radius 1 is 0.880 bits per heavy atom. The van der Waals surface area contributed by atoms with E-state index in [0.717, 1.165) is 30.8 Å². The molecule has 0 saturated heterocycles. The van der Waals surface area contributed by atoms with Gasteiger partial charge in [-0.1, -0.05) is 30.3 Å². The lowest BCUT2D eigenvalue weighted by molar-refractivity contribution is 0.414. The van der Waals surface area contributed by atoms with E-state index in [0.29, 0.717) is 0 Å². The zero-order valence-electron chi connectivity index (χ0n) is 14.4. The minimum atomic E-state index is 0.802. The fraction of sp³-hybridized carbons (Fsp3) is 0.182. The Balaban J connectivity index is 1.48. The normalized spacial score (nSPS) is 12.4. The summed E-state index contributed by atoms with van der Waals surface area (Å²) in [4.78, 5) is 0. The molecule has 4 rings (SSSR count). The summed E-state index contributed by atoms with van der Waals surface area (Å²) in [6.45, 7) is 0.802. The van der Waals surface area contributed by atoms with Gasteiger partial charge in [0, 0.05) is 23.6 Å². The van der Waals surface area contributed by atoms with Crippen molar-refractivity contribution in [3.8, 4) is 5.75 Å². The van der Waals surface area contributed by atoms with Crippen molar-refractivity contribution in [1.29, 1.82) is 0 Å². The van der Waals surface area contributed by atoms with E-state index in [-0.39, 0.29) is 0 Å². The van der Waals surface area contributed by atoms with Gasteiger partial charge in [0.25, 0.3) is 0 Å². The third-order valence-electron chi connectivity index (χ3n) is 4.71. The minimum Gasteiger partial charge on any atom is -0.497 e. The molecule has 0 saturated carbocycles. The third kappa shape index (κ3) is 3.45. The molecule has 0 atom stereocenters. The van der Waals surface area contributed by atoms with E-state index < -0.39 is 0 Å². The molecule has 1 aliphatic heterocycles. The molecule has 1 aliphatic rings. The van der Waals surface area contributed by atoms with E-state index in [1.165, 1.54) is 28.1 Å². The Kier molecular flexibility index (Phi) is 4.30. The molecular weight excluding hydrogens is 308 g/mol. The fourth-order valence-corrected chi connectivity index (χ4v) is 3.25. The third-order valence-corrected chi connectivity index (χ3v) is 4.71. The summed E-state index contributed by atoms with van der Waals surface area (Å²) in [5.41, 5.74) is 7.56. The maximum Gasteiger partial charge on any atom is 0.118 e. The Morgan fingerprint density at radius 2 is 1.64 bits per heavy atom. The number of anilines is 3. The SMILES string of the molecule is COc1ccc(CNc2ccc3c(c2)CCc2ccccc2N3)cc1. The average molecular weight is 330 g/mol. The smallest absolute Gasteiger partial charge is 0.118 e. The van der Waals surface area contributed by atoms with Crippen LogP contribution >= 0.6 is 0 Å². The summed E-state index contributed by atoms with van der Waals surface area (Å²) in [7, 11) is 1.69. The second-order valence-electron chi connectivity index (χ2n) is 6.36. The monoisotopic (exact) mass is 330 g/mol. The Morgan fingerprint density at radius 3 is 2.48 bits per heavy atom. The zero-order valence-corrected chi connectivity index (χ0v) is 14.4. The first kappa shape index (κ1) is 15.6. The first-order valence-corrected chi connectivity index (χ1v) is 8.66. The Hall–Kier alpha value is -2.94. The van der Waals surface area contributed by atoms with Gasteiger partial charge in [-0.3, -0.25) is 0 Å². The molecule has 126 valence electrons. The summed E-state index contributed by atoms with van der Waals surface area (Å²) in [5, 5.41) is 7.10. The maximum absolute atomic E-state index is 5.21. The predicted molar refractivity (Wildman–Crippen MR) is 104 cm³/mol. The van der Waals surface area contributed by atoms with Crippen molar-refractivity contribution in [2.75, 3.05) is 17.7 Å². The Bertz CT molecular complexity index is 871. The molecule has 0 fully saturated rings. The molecule has 25 heavy (non-hydrogen) atoms. The molecule has 0 aromatic heterocycles. The van der Waals surface area contributed by atoms with E-state index >= 15 is 0 Å². The first-order chi connectivity index (χ1) is 12.3. The second kappa shape index (κ2) is 6.89. The van der Waals surface area contributed by atoms with Gasteiger partial charge >= 0.3 is 0 Å². The lowest BCUT2D eigenvalue weighted by atomic mass is 10.0. The minimum absolute atomic E-state index is 0.802. The van der Waals surface area contributed by atoms with Gasteiger partial charge in [-0.25, -0.2) is 0 Å². The molecule has 3 aromatic rings. The van der Waals surface area contributed by atoms with Crippen molar-refractivity contribution in [2.45, 2.75) is 19.4 Å². The van der Waals surface area contributed by atoms with Gasteiger partial charge in [0.15, 0.2) is 0 Å². The fourth-order valence-electron chi connectivity index (χ4n) is 3.25. The van der Waals surface area contributed by atoms with Crippen molar-refractivity contribution in [2.24, 2.45) is 0 Å². The summed E-state index contributed by atoms with van der Waals surface area (Å²) in [6.07, 6.45) is 2.12. The highest BCUT2D eigenvalue weighted by Gasteiger charge is 2.12. The lowest BCUT2D eigenvalue weighted by Gasteiger charge is -2.13. The van der Waals surface area contributed by atoms with Gasteiger partial charge in [0.05, 0.1) is 7.11 Å². The van der Waals surface area contributed by atoms with Crippen molar-refractivity contribution in [3.63, 3.8) is 0 Å². The maximum atomic E-state index is 5.21. The summed E-state index contributed by atoms with van der Waals surface area (Å²) < 4.78 is 5.21. The molecule has 0 spiro atoms. The topological polar surface area (TPSA) is 33.3 Å². The number of para-hydroxylation sites is 1. The highest BCUT2D eigenvalue weighted by atomic mass is 16.5. The number of rotatable bonds is 4. The number of ether oxygens (including phenoxy) is 1. The quantitative estimate of drug-likeness (QED) is 0.694. The van der Waals surface area contributed by atoms with Crippen molar-refractivity contribution < 1.29 is 4.74 Å². The van der Waals surface area contributed by atoms with E-state index in [2.05, 4.69) is 65.2 Å². The molecule has 0 aliphatic carbocycles. The van der Waals surface area contributed by atoms with Crippen LogP contribution < -0.4 is 15.4 Å². The van der Waals surface area contributed by atoms with E-state index in [1.54, 1.807) is 7.11 Å². The molecule has 0 unspecified atom stereocenters. The number of fused-ring (bicyclic) bond motifs is 2. The zero-order chi connectivity index (χ0) is 17.1. The second-order valence-corrected chi connectivity index (χ2v) is 6.36. The molecular formula is C22H22N2O. The number of nitrogens with one attached hydrogen (secondary N) is 2. The number of methoxy groups -OCH3 is 1. The molecule has 0 radical (unpaired) electrons. The molecule has 2 N–H and O–H groups in total. The van der Waals surface area contributed by atoms with Crippen LogP contribution in [-0.2, 0) is 19.4 Å². The van der Waals surface area contributed by atoms with E-state index in [9.17, 15) is 0 Å². The van der Waals surface area contributed by atoms with Crippen LogP contribution in [0.25, 0.3) is 0 Å².